The first kappa shape index (κ1) is 14.3. The average molecular weight is 316 g/mol. The minimum Gasteiger partial charge on any atom is -0.486 e. The first-order chi connectivity index (χ1) is 11.1. The lowest BCUT2D eigenvalue weighted by molar-refractivity contribution is -0.195. The highest BCUT2D eigenvalue weighted by atomic mass is 16.5. The van der Waals surface area contributed by atoms with Gasteiger partial charge < -0.3 is 19.7 Å². The van der Waals surface area contributed by atoms with Crippen molar-refractivity contribution in [2.24, 2.45) is 5.92 Å². The Morgan fingerprint density at radius 1 is 1.30 bits per heavy atom. The van der Waals surface area contributed by atoms with Crippen molar-refractivity contribution < 1.29 is 19.7 Å². The predicted octanol–water partition coefficient (Wildman–Crippen LogP) is 2.07. The molecule has 4 heteroatoms. The minimum absolute atomic E-state index is 0.293. The smallest absolute Gasteiger partial charge is 0.137 e. The lowest BCUT2D eigenvalue weighted by atomic mass is 9.45. The lowest BCUT2D eigenvalue weighted by Gasteiger charge is -2.61. The molecule has 2 bridgehead atoms. The summed E-state index contributed by atoms with van der Waals surface area (Å²) in [6, 6.07) is 4.29. The lowest BCUT2D eigenvalue weighted by Crippen LogP contribution is -2.70. The van der Waals surface area contributed by atoms with Crippen LogP contribution in [0.15, 0.2) is 12.1 Å². The van der Waals surface area contributed by atoms with Crippen molar-refractivity contribution in [1.82, 2.24) is 0 Å². The summed E-state index contributed by atoms with van der Waals surface area (Å²) < 4.78 is 11.7. The summed E-state index contributed by atoms with van der Waals surface area (Å²) in [6.45, 7) is 0.503. The van der Waals surface area contributed by atoms with E-state index in [0.717, 1.165) is 37.0 Å². The third kappa shape index (κ3) is 1.49. The van der Waals surface area contributed by atoms with Gasteiger partial charge in [-0.25, -0.2) is 0 Å². The van der Waals surface area contributed by atoms with Crippen LogP contribution in [0.4, 0.5) is 0 Å². The maximum Gasteiger partial charge on any atom is 0.137 e. The first-order valence-corrected chi connectivity index (χ1v) is 8.83. The van der Waals surface area contributed by atoms with E-state index in [1.807, 2.05) is 0 Å². The van der Waals surface area contributed by atoms with Crippen LogP contribution in [0.5, 0.6) is 5.75 Å². The monoisotopic (exact) mass is 316 g/mol. The molecule has 4 nitrogen and oxygen atoms in total. The molecule has 5 atom stereocenters. The Hall–Kier alpha value is -1.10. The van der Waals surface area contributed by atoms with Crippen LogP contribution < -0.4 is 4.74 Å². The molecule has 2 N–H and O–H groups in total. The van der Waals surface area contributed by atoms with E-state index >= 15 is 0 Å². The molecule has 23 heavy (non-hydrogen) atoms. The quantitative estimate of drug-likeness (QED) is 0.877. The Labute approximate surface area is 136 Å². The second-order valence-electron chi connectivity index (χ2n) is 7.85. The zero-order valence-electron chi connectivity index (χ0n) is 13.5. The zero-order valence-corrected chi connectivity index (χ0v) is 13.5. The van der Waals surface area contributed by atoms with Crippen molar-refractivity contribution in [2.45, 2.75) is 68.4 Å². The van der Waals surface area contributed by atoms with E-state index in [2.05, 4.69) is 12.1 Å². The van der Waals surface area contributed by atoms with Crippen LogP contribution >= 0.6 is 0 Å². The second-order valence-corrected chi connectivity index (χ2v) is 7.85. The average Bonchev–Trinajstić information content (AvgIpc) is 2.87. The van der Waals surface area contributed by atoms with Crippen molar-refractivity contribution in [3.05, 3.63) is 28.8 Å². The number of benzene rings is 1. The zero-order chi connectivity index (χ0) is 15.8. The molecule has 1 aromatic carbocycles. The summed E-state index contributed by atoms with van der Waals surface area (Å²) in [4.78, 5) is 0. The van der Waals surface area contributed by atoms with Crippen molar-refractivity contribution in [3.8, 4) is 5.75 Å². The third-order valence-corrected chi connectivity index (χ3v) is 7.01. The second kappa shape index (κ2) is 4.50. The van der Waals surface area contributed by atoms with Gasteiger partial charge in [0.15, 0.2) is 0 Å². The maximum atomic E-state index is 11.7. The minimum atomic E-state index is -0.723. The topological polar surface area (TPSA) is 58.9 Å². The van der Waals surface area contributed by atoms with Crippen LogP contribution in [0.3, 0.4) is 0 Å². The summed E-state index contributed by atoms with van der Waals surface area (Å²) in [5, 5.41) is 22.4. The van der Waals surface area contributed by atoms with Gasteiger partial charge in [0, 0.05) is 18.2 Å². The van der Waals surface area contributed by atoms with Gasteiger partial charge >= 0.3 is 0 Å². The molecule has 1 aliphatic heterocycles. The number of rotatable bonds is 2. The molecule has 2 saturated carbocycles. The Bertz CT molecular complexity index is 672. The van der Waals surface area contributed by atoms with E-state index in [0.29, 0.717) is 25.4 Å². The fourth-order valence-corrected chi connectivity index (χ4v) is 6.17. The predicted molar refractivity (Wildman–Crippen MR) is 84.5 cm³/mol. The van der Waals surface area contributed by atoms with Gasteiger partial charge in [-0.15, -0.1) is 0 Å². The molecule has 0 saturated heterocycles. The molecule has 0 radical (unpaired) electrons. The summed E-state index contributed by atoms with van der Waals surface area (Å²) in [5.41, 5.74) is 2.40. The third-order valence-electron chi connectivity index (χ3n) is 7.01. The highest BCUT2D eigenvalue weighted by Gasteiger charge is 2.71. The maximum absolute atomic E-state index is 11.7. The van der Waals surface area contributed by atoms with Gasteiger partial charge in [-0.3, -0.25) is 0 Å². The summed E-state index contributed by atoms with van der Waals surface area (Å²) in [5.74, 6) is 1.18. The molecule has 4 aliphatic rings. The molecule has 2 fully saturated rings. The molecule has 3 aliphatic carbocycles. The summed E-state index contributed by atoms with van der Waals surface area (Å²) in [7, 11) is 1.69. The molecule has 0 amide bonds. The van der Waals surface area contributed by atoms with Crippen molar-refractivity contribution >= 4 is 0 Å². The Balaban J connectivity index is 1.80. The van der Waals surface area contributed by atoms with E-state index in [4.69, 9.17) is 9.47 Å². The number of hydrogen-bond donors (Lipinski definition) is 2. The van der Waals surface area contributed by atoms with Gasteiger partial charge in [0.05, 0.1) is 23.7 Å². The Morgan fingerprint density at radius 2 is 2.17 bits per heavy atom. The highest BCUT2D eigenvalue weighted by Crippen LogP contribution is 2.66. The Kier molecular flexibility index (Phi) is 2.79. The van der Waals surface area contributed by atoms with E-state index in [-0.39, 0.29) is 6.10 Å². The highest BCUT2D eigenvalue weighted by molar-refractivity contribution is 5.59. The normalized spacial score (nSPS) is 43.0. The summed E-state index contributed by atoms with van der Waals surface area (Å²) >= 11 is 0. The van der Waals surface area contributed by atoms with Crippen LogP contribution in [0.25, 0.3) is 0 Å². The van der Waals surface area contributed by atoms with Gasteiger partial charge in [-0.05, 0) is 43.6 Å². The van der Waals surface area contributed by atoms with Crippen LogP contribution in [0.2, 0.25) is 0 Å². The number of methoxy groups -OCH3 is 1. The van der Waals surface area contributed by atoms with Crippen LogP contribution in [-0.4, -0.2) is 35.1 Å². The SMILES string of the molecule is COCc1ccc2c3c1O[C@H]1[C@@H](O)CC[C@@]4(O)[C@H](CCC[C@]314)C2. The van der Waals surface area contributed by atoms with Crippen molar-refractivity contribution in [1.29, 1.82) is 0 Å². The summed E-state index contributed by atoms with van der Waals surface area (Å²) in [6.07, 6.45) is 4.54. The van der Waals surface area contributed by atoms with E-state index < -0.39 is 17.1 Å². The Morgan fingerprint density at radius 3 is 3.00 bits per heavy atom. The number of ether oxygens (including phenoxy) is 2. The van der Waals surface area contributed by atoms with Crippen LogP contribution in [0, 0.1) is 5.92 Å². The number of hydrogen-bond acceptors (Lipinski definition) is 4. The molecular weight excluding hydrogens is 292 g/mol. The van der Waals surface area contributed by atoms with Crippen LogP contribution in [0.1, 0.15) is 48.8 Å². The van der Waals surface area contributed by atoms with Gasteiger partial charge in [-0.1, -0.05) is 18.6 Å². The standard InChI is InChI=1S/C19H24O4/c1-22-10-12-5-4-11-9-13-3-2-7-18-15(11)16(12)23-17(18)14(20)6-8-19(13,18)21/h4-5,13-14,17,20-21H,2-3,6-10H2,1H3/t13-,14+,17+,18+,19-/m1/s1. The fourth-order valence-electron chi connectivity index (χ4n) is 6.17. The van der Waals surface area contributed by atoms with E-state index in [1.54, 1.807) is 7.11 Å². The van der Waals surface area contributed by atoms with Crippen molar-refractivity contribution in [2.75, 3.05) is 7.11 Å². The van der Waals surface area contributed by atoms with Gasteiger partial charge in [0.25, 0.3) is 0 Å². The van der Waals surface area contributed by atoms with Crippen LogP contribution in [-0.2, 0) is 23.2 Å². The van der Waals surface area contributed by atoms with E-state index in [1.165, 1.54) is 11.1 Å². The molecule has 5 rings (SSSR count). The number of aliphatic hydroxyl groups is 2. The molecule has 1 heterocycles. The molecular formula is C19H24O4. The van der Waals surface area contributed by atoms with Gasteiger partial charge in [-0.2, -0.15) is 0 Å². The molecule has 1 spiro atoms. The first-order valence-electron chi connectivity index (χ1n) is 8.83. The molecule has 0 aromatic heterocycles. The molecule has 124 valence electrons. The number of aliphatic hydroxyl groups excluding tert-OH is 1. The fraction of sp³-hybridized carbons (Fsp3) is 0.684. The van der Waals surface area contributed by atoms with Gasteiger partial charge in [0.2, 0.25) is 0 Å². The van der Waals surface area contributed by atoms with Gasteiger partial charge in [0.1, 0.15) is 11.9 Å². The van der Waals surface area contributed by atoms with Crippen molar-refractivity contribution in [3.63, 3.8) is 0 Å². The van der Waals surface area contributed by atoms with E-state index in [9.17, 15) is 10.2 Å². The molecule has 0 unspecified atom stereocenters. The largest absolute Gasteiger partial charge is 0.486 e. The molecule has 1 aromatic rings.